The lowest BCUT2D eigenvalue weighted by Gasteiger charge is -2.04. The molecule has 2 rings (SSSR count). The third-order valence-corrected chi connectivity index (χ3v) is 3.06. The minimum absolute atomic E-state index is 0.304. The SMILES string of the molecule is CP(=O)(O)c1nc2ccccc2[nH]c1=O. The molecule has 1 atom stereocenters. The molecule has 1 aromatic heterocycles. The number of nitrogens with zero attached hydrogens (tertiary/aromatic N) is 1. The van der Waals surface area contributed by atoms with Gasteiger partial charge in [0, 0.05) is 6.66 Å². The van der Waals surface area contributed by atoms with Gasteiger partial charge in [-0.1, -0.05) is 12.1 Å². The smallest absolute Gasteiger partial charge is 0.280 e. The normalized spacial score (nSPS) is 15.1. The zero-order valence-corrected chi connectivity index (χ0v) is 8.86. The van der Waals surface area contributed by atoms with E-state index in [0.717, 1.165) is 6.66 Å². The van der Waals surface area contributed by atoms with Gasteiger partial charge in [-0.3, -0.25) is 9.36 Å². The Kier molecular flexibility index (Phi) is 2.21. The van der Waals surface area contributed by atoms with Gasteiger partial charge in [-0.2, -0.15) is 0 Å². The third kappa shape index (κ3) is 1.84. The van der Waals surface area contributed by atoms with E-state index < -0.39 is 12.9 Å². The molecule has 15 heavy (non-hydrogen) atoms. The maximum absolute atomic E-state index is 11.4. The Morgan fingerprint density at radius 2 is 2.07 bits per heavy atom. The molecule has 1 heterocycles. The number of benzene rings is 1. The fourth-order valence-electron chi connectivity index (χ4n) is 1.30. The molecule has 0 aliphatic heterocycles. The number of H-pyrrole nitrogens is 1. The number of hydrogen-bond donors (Lipinski definition) is 2. The number of nitrogens with one attached hydrogen (secondary N) is 1. The van der Waals surface area contributed by atoms with Crippen molar-refractivity contribution in [3.05, 3.63) is 34.6 Å². The topological polar surface area (TPSA) is 83.0 Å². The Labute approximate surface area is 85.2 Å². The lowest BCUT2D eigenvalue weighted by Crippen LogP contribution is -2.29. The van der Waals surface area contributed by atoms with Crippen LogP contribution in [0.1, 0.15) is 0 Å². The fourth-order valence-corrected chi connectivity index (χ4v) is 2.03. The minimum Gasteiger partial charge on any atom is -0.340 e. The molecule has 2 aromatic rings. The first-order chi connectivity index (χ1) is 6.98. The van der Waals surface area contributed by atoms with E-state index in [-0.39, 0.29) is 5.44 Å². The summed E-state index contributed by atoms with van der Waals surface area (Å²) >= 11 is 0. The number of aromatic nitrogens is 2. The Bertz CT molecular complexity index is 614. The van der Waals surface area contributed by atoms with Gasteiger partial charge in [0.2, 0.25) is 7.37 Å². The number of para-hydroxylation sites is 2. The summed E-state index contributed by atoms with van der Waals surface area (Å²) in [6, 6.07) is 6.86. The summed E-state index contributed by atoms with van der Waals surface area (Å²) < 4.78 is 11.4. The molecular weight excluding hydrogens is 215 g/mol. The molecule has 0 amide bonds. The molecule has 0 aliphatic carbocycles. The standard InChI is InChI=1S/C9H9N2O3P/c1-15(13,14)9-8(12)10-6-4-2-3-5-7(6)11-9/h2-5H,1H3,(H,10,12)(H,13,14). The molecule has 78 valence electrons. The number of aromatic amines is 1. The van der Waals surface area contributed by atoms with Crippen molar-refractivity contribution >= 4 is 23.8 Å². The van der Waals surface area contributed by atoms with Gasteiger partial charge >= 0.3 is 0 Å². The van der Waals surface area contributed by atoms with Gasteiger partial charge in [-0.05, 0) is 12.1 Å². The highest BCUT2D eigenvalue weighted by Gasteiger charge is 2.20. The highest BCUT2D eigenvalue weighted by atomic mass is 31.2. The van der Waals surface area contributed by atoms with Crippen LogP contribution in [0.15, 0.2) is 29.1 Å². The molecule has 5 nitrogen and oxygen atoms in total. The van der Waals surface area contributed by atoms with Crippen LogP contribution >= 0.6 is 7.37 Å². The van der Waals surface area contributed by atoms with Crippen LogP contribution in [0.5, 0.6) is 0 Å². The highest BCUT2D eigenvalue weighted by molar-refractivity contribution is 7.65. The average molecular weight is 224 g/mol. The molecule has 0 radical (unpaired) electrons. The lowest BCUT2D eigenvalue weighted by molar-refractivity contribution is 0.495. The molecule has 0 spiro atoms. The molecule has 2 N–H and O–H groups in total. The molecule has 0 fully saturated rings. The van der Waals surface area contributed by atoms with E-state index in [2.05, 4.69) is 9.97 Å². The second kappa shape index (κ2) is 3.29. The second-order valence-corrected chi connectivity index (χ2v) is 5.47. The second-order valence-electron chi connectivity index (χ2n) is 3.29. The van der Waals surface area contributed by atoms with Gasteiger partial charge in [0.15, 0.2) is 5.44 Å². The van der Waals surface area contributed by atoms with Crippen molar-refractivity contribution in [2.75, 3.05) is 6.66 Å². The largest absolute Gasteiger partial charge is 0.340 e. The van der Waals surface area contributed by atoms with E-state index in [9.17, 15) is 14.3 Å². The van der Waals surface area contributed by atoms with E-state index in [0.29, 0.717) is 11.0 Å². The van der Waals surface area contributed by atoms with Crippen LogP contribution < -0.4 is 11.0 Å². The number of fused-ring (bicyclic) bond motifs is 1. The van der Waals surface area contributed by atoms with Crippen molar-refractivity contribution in [2.45, 2.75) is 0 Å². The Hall–Kier alpha value is -1.45. The first kappa shape index (κ1) is 10.1. The van der Waals surface area contributed by atoms with Gasteiger partial charge in [0.25, 0.3) is 5.56 Å². The summed E-state index contributed by atoms with van der Waals surface area (Å²) in [6.45, 7) is 1.10. The summed E-state index contributed by atoms with van der Waals surface area (Å²) in [5, 5.41) is 0. The fraction of sp³-hybridized carbons (Fsp3) is 0.111. The first-order valence-electron chi connectivity index (χ1n) is 4.28. The number of rotatable bonds is 1. The predicted molar refractivity (Wildman–Crippen MR) is 57.7 cm³/mol. The minimum atomic E-state index is -3.61. The van der Waals surface area contributed by atoms with Crippen LogP contribution in [0.3, 0.4) is 0 Å². The van der Waals surface area contributed by atoms with E-state index in [1.165, 1.54) is 0 Å². The molecule has 1 unspecified atom stereocenters. The van der Waals surface area contributed by atoms with Gasteiger partial charge in [0.1, 0.15) is 0 Å². The van der Waals surface area contributed by atoms with Crippen molar-refractivity contribution < 1.29 is 9.46 Å². The molecule has 0 saturated carbocycles. The summed E-state index contributed by atoms with van der Waals surface area (Å²) in [5.74, 6) is 0. The lowest BCUT2D eigenvalue weighted by atomic mass is 10.3. The zero-order chi connectivity index (χ0) is 11.1. The molecule has 0 aliphatic rings. The van der Waals surface area contributed by atoms with Gasteiger partial charge in [-0.25, -0.2) is 4.98 Å². The predicted octanol–water partition coefficient (Wildman–Crippen LogP) is 0.449. The maximum Gasteiger partial charge on any atom is 0.280 e. The zero-order valence-electron chi connectivity index (χ0n) is 7.97. The van der Waals surface area contributed by atoms with Crippen LogP contribution in [0.2, 0.25) is 0 Å². The van der Waals surface area contributed by atoms with Crippen molar-refractivity contribution in [3.8, 4) is 0 Å². The Morgan fingerprint density at radius 3 is 2.73 bits per heavy atom. The quantitative estimate of drug-likeness (QED) is 0.689. The number of hydrogen-bond acceptors (Lipinski definition) is 3. The van der Waals surface area contributed by atoms with Crippen molar-refractivity contribution in [3.63, 3.8) is 0 Å². The molecule has 0 bridgehead atoms. The highest BCUT2D eigenvalue weighted by Crippen LogP contribution is 2.31. The van der Waals surface area contributed by atoms with Crippen LogP contribution in [0.25, 0.3) is 11.0 Å². The maximum atomic E-state index is 11.4. The molecule has 0 saturated heterocycles. The van der Waals surface area contributed by atoms with E-state index in [1.54, 1.807) is 24.3 Å². The third-order valence-electron chi connectivity index (χ3n) is 1.97. The van der Waals surface area contributed by atoms with Crippen molar-refractivity contribution in [1.29, 1.82) is 0 Å². The van der Waals surface area contributed by atoms with Crippen LogP contribution in [-0.4, -0.2) is 21.5 Å². The monoisotopic (exact) mass is 224 g/mol. The van der Waals surface area contributed by atoms with Crippen molar-refractivity contribution in [2.24, 2.45) is 0 Å². The summed E-state index contributed by atoms with van der Waals surface area (Å²) in [4.78, 5) is 27.1. The average Bonchev–Trinajstić information content (AvgIpc) is 2.15. The molecular formula is C9H9N2O3P. The summed E-state index contributed by atoms with van der Waals surface area (Å²) in [6.07, 6.45) is 0. The summed E-state index contributed by atoms with van der Waals surface area (Å²) in [7, 11) is -3.61. The van der Waals surface area contributed by atoms with E-state index >= 15 is 0 Å². The van der Waals surface area contributed by atoms with Gasteiger partial charge in [0.05, 0.1) is 11.0 Å². The van der Waals surface area contributed by atoms with Gasteiger partial charge in [-0.15, -0.1) is 0 Å². The van der Waals surface area contributed by atoms with Crippen molar-refractivity contribution in [1.82, 2.24) is 9.97 Å². The van der Waals surface area contributed by atoms with E-state index in [1.807, 2.05) is 0 Å². The van der Waals surface area contributed by atoms with E-state index in [4.69, 9.17) is 0 Å². The Balaban J connectivity index is 2.85. The summed E-state index contributed by atoms with van der Waals surface area (Å²) in [5.41, 5.74) is 0.145. The molecule has 6 heteroatoms. The Morgan fingerprint density at radius 1 is 1.40 bits per heavy atom. The first-order valence-corrected chi connectivity index (χ1v) is 6.39. The van der Waals surface area contributed by atoms with Crippen LogP contribution in [-0.2, 0) is 4.57 Å². The van der Waals surface area contributed by atoms with Gasteiger partial charge < -0.3 is 9.88 Å². The van der Waals surface area contributed by atoms with Crippen LogP contribution in [0, 0.1) is 0 Å². The van der Waals surface area contributed by atoms with Crippen LogP contribution in [0.4, 0.5) is 0 Å². The molecule has 1 aromatic carbocycles.